The molecule has 2 heterocycles. The zero-order chi connectivity index (χ0) is 18.4. The third-order valence-corrected chi connectivity index (χ3v) is 4.17. The summed E-state index contributed by atoms with van der Waals surface area (Å²) in [7, 11) is 0. The molecule has 0 bridgehead atoms. The summed E-state index contributed by atoms with van der Waals surface area (Å²) in [6.45, 7) is 2.39. The van der Waals surface area contributed by atoms with Crippen LogP contribution in [0.25, 0.3) is 0 Å². The van der Waals surface area contributed by atoms with Gasteiger partial charge in [0.1, 0.15) is 0 Å². The van der Waals surface area contributed by atoms with Crippen molar-refractivity contribution < 1.29 is 28.6 Å². The van der Waals surface area contributed by atoms with Crippen LogP contribution in [0.4, 0.5) is 0 Å². The summed E-state index contributed by atoms with van der Waals surface area (Å²) in [6, 6.07) is 10.4. The molecule has 1 aliphatic heterocycles. The van der Waals surface area contributed by atoms with Gasteiger partial charge in [0.2, 0.25) is 5.76 Å². The van der Waals surface area contributed by atoms with Crippen LogP contribution >= 0.6 is 0 Å². The average Bonchev–Trinajstić information content (AvgIpc) is 3.17. The number of benzene rings is 1. The molecule has 0 spiro atoms. The van der Waals surface area contributed by atoms with Crippen LogP contribution < -0.4 is 5.32 Å². The first-order valence-corrected chi connectivity index (χ1v) is 8.50. The lowest BCUT2D eigenvalue weighted by Gasteiger charge is -2.22. The molecule has 1 amide bonds. The lowest BCUT2D eigenvalue weighted by molar-refractivity contribution is -0.0390. The quantitative estimate of drug-likeness (QED) is 0.789. The van der Waals surface area contributed by atoms with Crippen molar-refractivity contribution in [3.8, 4) is 0 Å². The molecule has 1 aromatic heterocycles. The van der Waals surface area contributed by atoms with Gasteiger partial charge in [-0.15, -0.1) is 0 Å². The van der Waals surface area contributed by atoms with E-state index in [9.17, 15) is 9.59 Å². The van der Waals surface area contributed by atoms with Gasteiger partial charge in [-0.3, -0.25) is 4.79 Å². The second kappa shape index (κ2) is 8.64. The number of nitrogens with one attached hydrogen (secondary N) is 1. The fraction of sp³-hybridized carbons (Fsp3) is 0.368. The van der Waals surface area contributed by atoms with Crippen molar-refractivity contribution in [2.24, 2.45) is 0 Å². The molecule has 7 nitrogen and oxygen atoms in total. The molecule has 138 valence electrons. The number of rotatable bonds is 7. The Balaban J connectivity index is 1.46. The Morgan fingerprint density at radius 1 is 1.04 bits per heavy atom. The molecule has 1 saturated heterocycles. The first kappa shape index (κ1) is 18.2. The minimum absolute atomic E-state index is 0.0242. The molecule has 1 aromatic carbocycles. The van der Waals surface area contributed by atoms with Crippen LogP contribution in [0.3, 0.4) is 0 Å². The van der Waals surface area contributed by atoms with Crippen LogP contribution in [-0.2, 0) is 22.6 Å². The fourth-order valence-corrected chi connectivity index (χ4v) is 2.65. The number of carbonyl (C=O) groups is 2. The summed E-state index contributed by atoms with van der Waals surface area (Å²) in [5, 5.41) is 11.5. The molecule has 0 aliphatic carbocycles. The average molecular weight is 359 g/mol. The number of aromatic carboxylic acids is 1. The second-order valence-corrected chi connectivity index (χ2v) is 6.09. The van der Waals surface area contributed by atoms with Crippen molar-refractivity contribution in [2.45, 2.75) is 32.1 Å². The standard InChI is InChI=1S/C19H21NO6/c21-18(16-5-6-17(26-16)19(22)23)20-11-13-1-3-14(4-2-13)12-25-15-7-9-24-10-8-15/h1-6,15H,7-12H2,(H,20,21)(H,22,23). The summed E-state index contributed by atoms with van der Waals surface area (Å²) in [4.78, 5) is 22.7. The van der Waals surface area contributed by atoms with Crippen LogP contribution in [0.5, 0.6) is 0 Å². The summed E-state index contributed by atoms with van der Waals surface area (Å²) in [5.74, 6) is -1.94. The van der Waals surface area contributed by atoms with Crippen molar-refractivity contribution >= 4 is 11.9 Å². The topological polar surface area (TPSA) is 98.0 Å². The number of hydrogen-bond acceptors (Lipinski definition) is 5. The Morgan fingerprint density at radius 2 is 1.69 bits per heavy atom. The van der Waals surface area contributed by atoms with E-state index < -0.39 is 11.9 Å². The third-order valence-electron chi connectivity index (χ3n) is 4.17. The van der Waals surface area contributed by atoms with Gasteiger partial charge in [-0.25, -0.2) is 4.79 Å². The van der Waals surface area contributed by atoms with E-state index in [1.54, 1.807) is 0 Å². The molecule has 26 heavy (non-hydrogen) atoms. The van der Waals surface area contributed by atoms with Gasteiger partial charge in [-0.1, -0.05) is 24.3 Å². The van der Waals surface area contributed by atoms with Gasteiger partial charge in [0, 0.05) is 19.8 Å². The van der Waals surface area contributed by atoms with Crippen LogP contribution in [0.15, 0.2) is 40.8 Å². The van der Waals surface area contributed by atoms with Crippen molar-refractivity contribution in [2.75, 3.05) is 13.2 Å². The predicted molar refractivity (Wildman–Crippen MR) is 91.9 cm³/mol. The Labute approximate surface area is 150 Å². The van der Waals surface area contributed by atoms with Crippen LogP contribution in [0.1, 0.15) is 45.1 Å². The van der Waals surface area contributed by atoms with E-state index in [4.69, 9.17) is 19.0 Å². The van der Waals surface area contributed by atoms with Gasteiger partial charge < -0.3 is 24.3 Å². The Kier molecular flexibility index (Phi) is 6.04. The maximum absolute atomic E-state index is 12.0. The molecule has 7 heteroatoms. The molecule has 1 aliphatic rings. The lowest BCUT2D eigenvalue weighted by atomic mass is 10.1. The monoisotopic (exact) mass is 359 g/mol. The van der Waals surface area contributed by atoms with Crippen LogP contribution in [-0.4, -0.2) is 36.3 Å². The molecule has 0 saturated carbocycles. The molecule has 1 fully saturated rings. The summed E-state index contributed by atoms with van der Waals surface area (Å²) in [5.41, 5.74) is 2.00. The van der Waals surface area contributed by atoms with E-state index in [1.165, 1.54) is 12.1 Å². The van der Waals surface area contributed by atoms with E-state index in [0.717, 1.165) is 37.2 Å². The van der Waals surface area contributed by atoms with Gasteiger partial charge in [-0.05, 0) is 36.1 Å². The zero-order valence-electron chi connectivity index (χ0n) is 14.3. The maximum Gasteiger partial charge on any atom is 0.371 e. The van der Waals surface area contributed by atoms with Crippen molar-refractivity contribution in [1.82, 2.24) is 5.32 Å². The van der Waals surface area contributed by atoms with E-state index in [-0.39, 0.29) is 17.6 Å². The fourth-order valence-electron chi connectivity index (χ4n) is 2.65. The van der Waals surface area contributed by atoms with Gasteiger partial charge in [0.15, 0.2) is 5.76 Å². The summed E-state index contributed by atoms with van der Waals surface area (Å²) in [6.07, 6.45) is 2.12. The van der Waals surface area contributed by atoms with Crippen LogP contribution in [0.2, 0.25) is 0 Å². The molecule has 2 aromatic rings. The van der Waals surface area contributed by atoms with E-state index in [1.807, 2.05) is 24.3 Å². The SMILES string of the molecule is O=C(O)c1ccc(C(=O)NCc2ccc(COC3CCOCC3)cc2)o1. The summed E-state index contributed by atoms with van der Waals surface area (Å²) >= 11 is 0. The number of hydrogen-bond donors (Lipinski definition) is 2. The highest BCUT2D eigenvalue weighted by atomic mass is 16.5. The van der Waals surface area contributed by atoms with Gasteiger partial charge >= 0.3 is 5.97 Å². The van der Waals surface area contributed by atoms with Crippen molar-refractivity contribution in [1.29, 1.82) is 0 Å². The van der Waals surface area contributed by atoms with Gasteiger partial charge in [0.05, 0.1) is 12.7 Å². The van der Waals surface area contributed by atoms with E-state index in [2.05, 4.69) is 5.32 Å². The zero-order valence-corrected chi connectivity index (χ0v) is 14.3. The summed E-state index contributed by atoms with van der Waals surface area (Å²) < 4.78 is 16.2. The normalized spacial score (nSPS) is 14.9. The third kappa shape index (κ3) is 4.93. The Hall–Kier alpha value is -2.64. The smallest absolute Gasteiger partial charge is 0.371 e. The molecule has 3 rings (SSSR count). The van der Waals surface area contributed by atoms with Crippen molar-refractivity contribution in [3.05, 3.63) is 59.0 Å². The number of ether oxygens (including phenoxy) is 2. The highest BCUT2D eigenvalue weighted by Gasteiger charge is 2.15. The highest BCUT2D eigenvalue weighted by molar-refractivity contribution is 5.93. The minimum atomic E-state index is -1.21. The number of carboxylic acid groups (broad SMARTS) is 1. The van der Waals surface area contributed by atoms with Gasteiger partial charge in [-0.2, -0.15) is 0 Å². The highest BCUT2D eigenvalue weighted by Crippen LogP contribution is 2.14. The Morgan fingerprint density at radius 3 is 2.35 bits per heavy atom. The first-order chi connectivity index (χ1) is 12.6. The van der Waals surface area contributed by atoms with E-state index in [0.29, 0.717) is 13.2 Å². The molecule has 2 N–H and O–H groups in total. The van der Waals surface area contributed by atoms with Crippen molar-refractivity contribution in [3.63, 3.8) is 0 Å². The van der Waals surface area contributed by atoms with E-state index >= 15 is 0 Å². The Bertz CT molecular complexity index is 746. The predicted octanol–water partition coefficient (Wildman–Crippen LogP) is 2.60. The maximum atomic E-state index is 12.0. The second-order valence-electron chi connectivity index (χ2n) is 6.09. The molecule has 0 atom stereocenters. The van der Waals surface area contributed by atoms with Gasteiger partial charge in [0.25, 0.3) is 5.91 Å². The number of furan rings is 1. The lowest BCUT2D eigenvalue weighted by Crippen LogP contribution is -2.23. The number of amides is 1. The van der Waals surface area contributed by atoms with Crippen LogP contribution in [0, 0.1) is 0 Å². The molecular formula is C19H21NO6. The largest absolute Gasteiger partial charge is 0.475 e. The molecular weight excluding hydrogens is 338 g/mol. The number of carboxylic acids is 1. The molecule has 0 unspecified atom stereocenters. The first-order valence-electron chi connectivity index (χ1n) is 8.50. The minimum Gasteiger partial charge on any atom is -0.475 e. The number of carbonyl (C=O) groups excluding carboxylic acids is 1. The molecule has 0 radical (unpaired) electrons.